The smallest absolute Gasteiger partial charge is 0.409 e. The van der Waals surface area contributed by atoms with Gasteiger partial charge in [-0.05, 0) is 39.5 Å². The van der Waals surface area contributed by atoms with E-state index in [1.54, 1.807) is 16.2 Å². The third-order valence-electron chi connectivity index (χ3n) is 5.55. The maximum Gasteiger partial charge on any atom is 0.409 e. The number of ether oxygens (including phenoxy) is 1. The molecular formula is C24H33N3O3S. The van der Waals surface area contributed by atoms with Gasteiger partial charge in [-0.2, -0.15) is 0 Å². The van der Waals surface area contributed by atoms with Crippen LogP contribution in [0.5, 0.6) is 0 Å². The highest BCUT2D eigenvalue weighted by Crippen LogP contribution is 2.32. The van der Waals surface area contributed by atoms with Gasteiger partial charge in [0.2, 0.25) is 5.91 Å². The molecule has 2 heterocycles. The predicted octanol–water partition coefficient (Wildman–Crippen LogP) is 5.11. The molecule has 0 radical (unpaired) electrons. The van der Waals surface area contributed by atoms with Crippen LogP contribution in [0.4, 0.5) is 4.79 Å². The van der Waals surface area contributed by atoms with E-state index in [0.717, 1.165) is 21.1 Å². The Bertz CT molecular complexity index is 899. The maximum absolute atomic E-state index is 12.8. The van der Waals surface area contributed by atoms with Gasteiger partial charge >= 0.3 is 6.09 Å². The van der Waals surface area contributed by atoms with Crippen LogP contribution < -0.4 is 5.32 Å². The molecule has 6 nitrogen and oxygen atoms in total. The number of aromatic nitrogens is 1. The van der Waals surface area contributed by atoms with Crippen LogP contribution in [0.2, 0.25) is 0 Å². The second-order valence-corrected chi connectivity index (χ2v) is 9.83. The quantitative estimate of drug-likeness (QED) is 0.673. The second kappa shape index (κ2) is 10.3. The molecule has 0 spiro atoms. The van der Waals surface area contributed by atoms with E-state index in [2.05, 4.69) is 36.5 Å². The van der Waals surface area contributed by atoms with Gasteiger partial charge in [0.15, 0.2) is 0 Å². The van der Waals surface area contributed by atoms with Crippen molar-refractivity contribution in [3.63, 3.8) is 0 Å². The molecular weight excluding hydrogens is 410 g/mol. The number of rotatable bonds is 6. The Kier molecular flexibility index (Phi) is 7.70. The molecule has 2 amide bonds. The maximum atomic E-state index is 12.8. The van der Waals surface area contributed by atoms with Crippen molar-refractivity contribution in [3.05, 3.63) is 40.4 Å². The molecule has 168 valence electrons. The van der Waals surface area contributed by atoms with Gasteiger partial charge < -0.3 is 15.0 Å². The van der Waals surface area contributed by atoms with E-state index < -0.39 is 0 Å². The van der Waals surface area contributed by atoms with Gasteiger partial charge in [0.05, 0.1) is 23.2 Å². The summed E-state index contributed by atoms with van der Waals surface area (Å²) in [6, 6.07) is 8.24. The number of carbonyl (C=O) groups excluding carboxylic acids is 2. The largest absolute Gasteiger partial charge is 0.449 e. The van der Waals surface area contributed by atoms with Crippen molar-refractivity contribution in [2.24, 2.45) is 11.8 Å². The average Bonchev–Trinajstić information content (AvgIpc) is 3.14. The third kappa shape index (κ3) is 6.06. The van der Waals surface area contributed by atoms with Crippen LogP contribution >= 0.6 is 11.3 Å². The number of thiazole rings is 1. The minimum absolute atomic E-state index is 0.0485. The minimum atomic E-state index is -0.273. The highest BCUT2D eigenvalue weighted by atomic mass is 32.1. The number of benzene rings is 1. The molecule has 1 aromatic heterocycles. The molecule has 1 aromatic carbocycles. The molecule has 3 rings (SSSR count). The van der Waals surface area contributed by atoms with Gasteiger partial charge in [-0.1, -0.05) is 43.7 Å². The molecule has 1 N–H and O–H groups in total. The lowest BCUT2D eigenvalue weighted by Gasteiger charge is -2.31. The van der Waals surface area contributed by atoms with E-state index in [1.807, 2.05) is 27.7 Å². The number of hydrogen-bond acceptors (Lipinski definition) is 5. The van der Waals surface area contributed by atoms with Crippen LogP contribution in [0.1, 0.15) is 55.8 Å². The minimum Gasteiger partial charge on any atom is -0.449 e. The molecule has 1 aliphatic heterocycles. The number of hydrogen-bond donors (Lipinski definition) is 1. The molecule has 0 bridgehead atoms. The number of carbonyl (C=O) groups is 2. The summed E-state index contributed by atoms with van der Waals surface area (Å²) >= 11 is 1.63. The van der Waals surface area contributed by atoms with Crippen molar-refractivity contribution in [1.29, 1.82) is 0 Å². The summed E-state index contributed by atoms with van der Waals surface area (Å²) < 4.78 is 5.30. The van der Waals surface area contributed by atoms with E-state index >= 15 is 0 Å². The average molecular weight is 444 g/mol. The normalized spacial score (nSPS) is 15.7. The number of nitrogens with zero attached hydrogens (tertiary/aromatic N) is 2. The van der Waals surface area contributed by atoms with Gasteiger partial charge in [0, 0.05) is 24.6 Å². The zero-order chi connectivity index (χ0) is 22.5. The van der Waals surface area contributed by atoms with E-state index in [0.29, 0.717) is 38.5 Å². The van der Waals surface area contributed by atoms with Gasteiger partial charge in [-0.25, -0.2) is 9.78 Å². The Labute approximate surface area is 189 Å². The molecule has 0 saturated carbocycles. The zero-order valence-electron chi connectivity index (χ0n) is 19.1. The van der Waals surface area contributed by atoms with E-state index in [9.17, 15) is 9.59 Å². The fourth-order valence-electron chi connectivity index (χ4n) is 3.68. The molecule has 1 atom stereocenters. The summed E-state index contributed by atoms with van der Waals surface area (Å²) in [6.07, 6.45) is 1.04. The first kappa shape index (κ1) is 23.3. The Morgan fingerprint density at radius 1 is 1.16 bits per heavy atom. The first-order valence-electron chi connectivity index (χ1n) is 11.0. The SMILES string of the molecule is Cc1ccc(-c2nc(C)c(C(C)NC(=O)C3CCN(C(=O)OCC(C)C)CC3)s2)cc1. The number of piperidine rings is 1. The summed E-state index contributed by atoms with van der Waals surface area (Å²) in [5, 5.41) is 4.14. The topological polar surface area (TPSA) is 71.5 Å². The van der Waals surface area contributed by atoms with Gasteiger partial charge in [0.25, 0.3) is 0 Å². The first-order valence-corrected chi connectivity index (χ1v) is 11.8. The van der Waals surface area contributed by atoms with Crippen molar-refractivity contribution in [1.82, 2.24) is 15.2 Å². The molecule has 1 unspecified atom stereocenters. The molecule has 1 aliphatic rings. The highest BCUT2D eigenvalue weighted by molar-refractivity contribution is 7.15. The number of nitrogens with one attached hydrogen (secondary N) is 1. The number of amides is 2. The van der Waals surface area contributed by atoms with Crippen LogP contribution in [0.15, 0.2) is 24.3 Å². The molecule has 7 heteroatoms. The molecule has 1 fully saturated rings. The van der Waals surface area contributed by atoms with Crippen molar-refractivity contribution < 1.29 is 14.3 Å². The van der Waals surface area contributed by atoms with E-state index in [-0.39, 0.29) is 24.0 Å². The van der Waals surface area contributed by atoms with Crippen molar-refractivity contribution in [2.45, 2.75) is 53.5 Å². The van der Waals surface area contributed by atoms with Gasteiger partial charge in [0.1, 0.15) is 5.01 Å². The summed E-state index contributed by atoms with van der Waals surface area (Å²) in [5.74, 6) is 0.282. The van der Waals surface area contributed by atoms with E-state index in [1.165, 1.54) is 5.56 Å². The van der Waals surface area contributed by atoms with Gasteiger partial charge in [-0.15, -0.1) is 11.3 Å². The molecule has 0 aliphatic carbocycles. The second-order valence-electron chi connectivity index (χ2n) is 8.80. The Balaban J connectivity index is 1.54. The van der Waals surface area contributed by atoms with Crippen LogP contribution in [0.3, 0.4) is 0 Å². The molecule has 1 saturated heterocycles. The molecule has 31 heavy (non-hydrogen) atoms. The summed E-state index contributed by atoms with van der Waals surface area (Å²) in [4.78, 5) is 32.5. The lowest BCUT2D eigenvalue weighted by atomic mass is 9.96. The molecule has 2 aromatic rings. The monoisotopic (exact) mass is 443 g/mol. The lowest BCUT2D eigenvalue weighted by molar-refractivity contribution is -0.127. The van der Waals surface area contributed by atoms with Gasteiger partial charge in [-0.3, -0.25) is 4.79 Å². The fourth-order valence-corrected chi connectivity index (χ4v) is 4.75. The fraction of sp³-hybridized carbons (Fsp3) is 0.542. The van der Waals surface area contributed by atoms with Crippen LogP contribution in [0.25, 0.3) is 10.6 Å². The van der Waals surface area contributed by atoms with Crippen LogP contribution in [0, 0.1) is 25.7 Å². The van der Waals surface area contributed by atoms with Crippen molar-refractivity contribution >= 4 is 23.3 Å². The van der Waals surface area contributed by atoms with Crippen LogP contribution in [-0.2, 0) is 9.53 Å². The van der Waals surface area contributed by atoms with E-state index in [4.69, 9.17) is 9.72 Å². The Hall–Kier alpha value is -2.41. The Morgan fingerprint density at radius 2 is 1.81 bits per heavy atom. The standard InChI is InChI=1S/C24H33N3O3S/c1-15(2)14-30-24(29)27-12-10-19(11-13-27)22(28)25-17(4)21-18(5)26-23(31-21)20-8-6-16(3)7-9-20/h6-9,15,17,19H,10-14H2,1-5H3,(H,25,28). The Morgan fingerprint density at radius 3 is 2.42 bits per heavy atom. The summed E-state index contributed by atoms with van der Waals surface area (Å²) in [7, 11) is 0. The van der Waals surface area contributed by atoms with Crippen molar-refractivity contribution in [2.75, 3.05) is 19.7 Å². The zero-order valence-corrected chi connectivity index (χ0v) is 19.9. The van der Waals surface area contributed by atoms with Crippen LogP contribution in [-0.4, -0.2) is 41.6 Å². The predicted molar refractivity (Wildman–Crippen MR) is 124 cm³/mol. The first-order chi connectivity index (χ1) is 14.7. The van der Waals surface area contributed by atoms with Crippen molar-refractivity contribution in [3.8, 4) is 10.6 Å². The number of likely N-dealkylation sites (tertiary alicyclic amines) is 1. The summed E-state index contributed by atoms with van der Waals surface area (Å²) in [5.41, 5.74) is 3.27. The summed E-state index contributed by atoms with van der Waals surface area (Å²) in [6.45, 7) is 11.6. The lowest BCUT2D eigenvalue weighted by Crippen LogP contribution is -2.43. The number of aryl methyl sites for hydroxylation is 2. The third-order valence-corrected chi connectivity index (χ3v) is 6.94. The highest BCUT2D eigenvalue weighted by Gasteiger charge is 2.29.